The summed E-state index contributed by atoms with van der Waals surface area (Å²) in [6, 6.07) is 5.71. The number of aromatic nitrogens is 2. The third-order valence-electron chi connectivity index (χ3n) is 5.13. The van der Waals surface area contributed by atoms with Crippen LogP contribution in [0.2, 0.25) is 0 Å². The van der Waals surface area contributed by atoms with Crippen LogP contribution in [0.3, 0.4) is 0 Å². The SMILES string of the molecule is Cc1nccn1CCN(C)C(=O)CC1C(=O)NCCN1Cc1ccc(F)cc1. The number of imidazole rings is 1. The number of carbonyl (C=O) groups is 2. The van der Waals surface area contributed by atoms with Gasteiger partial charge >= 0.3 is 0 Å². The van der Waals surface area contributed by atoms with Gasteiger partial charge in [0.2, 0.25) is 11.8 Å². The molecule has 28 heavy (non-hydrogen) atoms. The number of halogens is 1. The molecule has 1 unspecified atom stereocenters. The van der Waals surface area contributed by atoms with Crippen LogP contribution in [0, 0.1) is 12.7 Å². The minimum absolute atomic E-state index is 0.0797. The second-order valence-electron chi connectivity index (χ2n) is 7.09. The third kappa shape index (κ3) is 4.95. The first kappa shape index (κ1) is 20.0. The number of hydrogen-bond donors (Lipinski definition) is 1. The summed E-state index contributed by atoms with van der Waals surface area (Å²) in [5.41, 5.74) is 0.914. The number of nitrogens with one attached hydrogen (secondary N) is 1. The van der Waals surface area contributed by atoms with Gasteiger partial charge in [0.05, 0.1) is 12.5 Å². The Morgan fingerprint density at radius 2 is 2.11 bits per heavy atom. The number of carbonyl (C=O) groups excluding carboxylic acids is 2. The summed E-state index contributed by atoms with van der Waals surface area (Å²) >= 11 is 0. The van der Waals surface area contributed by atoms with E-state index in [1.54, 1.807) is 30.3 Å². The van der Waals surface area contributed by atoms with E-state index >= 15 is 0 Å². The summed E-state index contributed by atoms with van der Waals surface area (Å²) in [4.78, 5) is 32.9. The molecule has 1 saturated heterocycles. The van der Waals surface area contributed by atoms with Crippen LogP contribution in [0.4, 0.5) is 4.39 Å². The zero-order valence-electron chi connectivity index (χ0n) is 16.3. The van der Waals surface area contributed by atoms with Crippen LogP contribution in [-0.4, -0.2) is 63.9 Å². The van der Waals surface area contributed by atoms with Crippen LogP contribution in [0.15, 0.2) is 36.7 Å². The van der Waals surface area contributed by atoms with E-state index in [1.807, 2.05) is 22.6 Å². The summed E-state index contributed by atoms with van der Waals surface area (Å²) in [6.45, 7) is 4.82. The molecule has 0 saturated carbocycles. The first-order valence-electron chi connectivity index (χ1n) is 9.42. The van der Waals surface area contributed by atoms with Crippen molar-refractivity contribution in [1.82, 2.24) is 24.7 Å². The van der Waals surface area contributed by atoms with E-state index in [9.17, 15) is 14.0 Å². The molecule has 1 atom stereocenters. The maximum Gasteiger partial charge on any atom is 0.237 e. The lowest BCUT2D eigenvalue weighted by atomic mass is 10.1. The van der Waals surface area contributed by atoms with Crippen LogP contribution in [-0.2, 0) is 22.7 Å². The second kappa shape index (κ2) is 8.97. The maximum absolute atomic E-state index is 13.1. The fourth-order valence-electron chi connectivity index (χ4n) is 3.34. The predicted molar refractivity (Wildman–Crippen MR) is 103 cm³/mol. The second-order valence-corrected chi connectivity index (χ2v) is 7.09. The molecule has 3 rings (SSSR count). The molecule has 1 aromatic carbocycles. The number of rotatable bonds is 7. The molecule has 2 amide bonds. The van der Waals surface area contributed by atoms with Gasteiger partial charge < -0.3 is 14.8 Å². The van der Waals surface area contributed by atoms with E-state index in [-0.39, 0.29) is 24.1 Å². The van der Waals surface area contributed by atoms with Gasteiger partial charge in [-0.25, -0.2) is 9.37 Å². The highest BCUT2D eigenvalue weighted by Crippen LogP contribution is 2.15. The zero-order valence-corrected chi connectivity index (χ0v) is 16.3. The number of aryl methyl sites for hydroxylation is 1. The maximum atomic E-state index is 13.1. The van der Waals surface area contributed by atoms with E-state index < -0.39 is 6.04 Å². The van der Waals surface area contributed by atoms with Crippen molar-refractivity contribution >= 4 is 11.8 Å². The predicted octanol–water partition coefficient (Wildman–Crippen LogP) is 1.18. The molecule has 7 nitrogen and oxygen atoms in total. The molecule has 1 N–H and O–H groups in total. The highest BCUT2D eigenvalue weighted by molar-refractivity contribution is 5.88. The minimum atomic E-state index is -0.524. The number of benzene rings is 1. The summed E-state index contributed by atoms with van der Waals surface area (Å²) in [7, 11) is 1.75. The van der Waals surface area contributed by atoms with E-state index in [2.05, 4.69) is 10.3 Å². The van der Waals surface area contributed by atoms with E-state index in [0.717, 1.165) is 11.4 Å². The van der Waals surface area contributed by atoms with Gasteiger partial charge in [-0.2, -0.15) is 0 Å². The van der Waals surface area contributed by atoms with Gasteiger partial charge in [-0.15, -0.1) is 0 Å². The fraction of sp³-hybridized carbons (Fsp3) is 0.450. The highest BCUT2D eigenvalue weighted by atomic mass is 19.1. The van der Waals surface area contributed by atoms with Crippen LogP contribution in [0.25, 0.3) is 0 Å². The number of hydrogen-bond acceptors (Lipinski definition) is 4. The van der Waals surface area contributed by atoms with Crippen LogP contribution in [0.1, 0.15) is 17.8 Å². The average Bonchev–Trinajstić information content (AvgIpc) is 3.09. The van der Waals surface area contributed by atoms with Crippen molar-refractivity contribution in [2.45, 2.75) is 32.5 Å². The van der Waals surface area contributed by atoms with Crippen LogP contribution < -0.4 is 5.32 Å². The van der Waals surface area contributed by atoms with Crippen molar-refractivity contribution in [3.05, 3.63) is 53.9 Å². The summed E-state index contributed by atoms with van der Waals surface area (Å²) < 4.78 is 15.1. The largest absolute Gasteiger partial charge is 0.353 e. The minimum Gasteiger partial charge on any atom is -0.353 e. The molecule has 1 aliphatic rings. The Morgan fingerprint density at radius 3 is 2.79 bits per heavy atom. The van der Waals surface area contributed by atoms with E-state index in [4.69, 9.17) is 0 Å². The summed E-state index contributed by atoms with van der Waals surface area (Å²) in [5.74, 6) is 0.393. The van der Waals surface area contributed by atoms with E-state index in [1.165, 1.54) is 12.1 Å². The summed E-state index contributed by atoms with van der Waals surface area (Å²) in [6.07, 6.45) is 3.73. The third-order valence-corrected chi connectivity index (χ3v) is 5.13. The Balaban J connectivity index is 1.59. The highest BCUT2D eigenvalue weighted by Gasteiger charge is 2.32. The lowest BCUT2D eigenvalue weighted by Crippen LogP contribution is -2.56. The lowest BCUT2D eigenvalue weighted by molar-refractivity contribution is -0.138. The molecule has 2 aromatic rings. The number of piperazine rings is 1. The summed E-state index contributed by atoms with van der Waals surface area (Å²) in [5, 5.41) is 2.84. The topological polar surface area (TPSA) is 70.5 Å². The molecule has 8 heteroatoms. The Kier molecular flexibility index (Phi) is 6.41. The van der Waals surface area contributed by atoms with Crippen molar-refractivity contribution in [1.29, 1.82) is 0 Å². The van der Waals surface area contributed by atoms with Gasteiger partial charge in [0, 0.05) is 52.2 Å². The number of amides is 2. The Hall–Kier alpha value is -2.74. The monoisotopic (exact) mass is 387 g/mol. The first-order chi connectivity index (χ1) is 13.4. The van der Waals surface area contributed by atoms with Gasteiger partial charge in [0.15, 0.2) is 0 Å². The zero-order chi connectivity index (χ0) is 20.1. The molecule has 2 heterocycles. The molecular formula is C20H26FN5O2. The smallest absolute Gasteiger partial charge is 0.237 e. The van der Waals surface area contributed by atoms with Crippen molar-refractivity contribution in [3.8, 4) is 0 Å². The quantitative estimate of drug-likeness (QED) is 0.775. The normalized spacial score (nSPS) is 17.4. The molecule has 0 aliphatic carbocycles. The molecule has 150 valence electrons. The lowest BCUT2D eigenvalue weighted by Gasteiger charge is -2.35. The first-order valence-corrected chi connectivity index (χ1v) is 9.42. The Bertz CT molecular complexity index is 820. The van der Waals surface area contributed by atoms with Crippen molar-refractivity contribution in [2.24, 2.45) is 0 Å². The van der Waals surface area contributed by atoms with Gasteiger partial charge in [0.1, 0.15) is 11.6 Å². The van der Waals surface area contributed by atoms with Gasteiger partial charge in [-0.1, -0.05) is 12.1 Å². The Labute approximate surface area is 164 Å². The molecule has 0 radical (unpaired) electrons. The van der Waals surface area contributed by atoms with Gasteiger partial charge in [-0.3, -0.25) is 14.5 Å². The van der Waals surface area contributed by atoms with Crippen molar-refractivity contribution in [2.75, 3.05) is 26.7 Å². The van der Waals surface area contributed by atoms with Crippen molar-refractivity contribution in [3.63, 3.8) is 0 Å². The number of nitrogens with zero attached hydrogens (tertiary/aromatic N) is 4. The van der Waals surface area contributed by atoms with Gasteiger partial charge in [0.25, 0.3) is 0 Å². The fourth-order valence-corrected chi connectivity index (χ4v) is 3.34. The van der Waals surface area contributed by atoms with Gasteiger partial charge in [-0.05, 0) is 24.6 Å². The number of likely N-dealkylation sites (N-methyl/N-ethyl adjacent to an activating group) is 1. The molecular weight excluding hydrogens is 361 g/mol. The molecule has 0 spiro atoms. The molecule has 1 aliphatic heterocycles. The average molecular weight is 387 g/mol. The molecule has 0 bridgehead atoms. The Morgan fingerprint density at radius 1 is 1.36 bits per heavy atom. The van der Waals surface area contributed by atoms with E-state index in [0.29, 0.717) is 32.7 Å². The standard InChI is InChI=1S/C20H26FN5O2/c1-15-22-7-9-25(15)12-11-24(2)19(27)13-18-20(28)23-8-10-26(18)14-16-3-5-17(21)6-4-16/h3-7,9,18H,8,10-14H2,1-2H3,(H,23,28). The van der Waals surface area contributed by atoms with Crippen LogP contribution in [0.5, 0.6) is 0 Å². The van der Waals surface area contributed by atoms with Crippen molar-refractivity contribution < 1.29 is 14.0 Å². The molecule has 1 fully saturated rings. The molecule has 1 aromatic heterocycles. The van der Waals surface area contributed by atoms with Crippen LogP contribution >= 0.6 is 0 Å².